The fourth-order valence-electron chi connectivity index (χ4n) is 1.71. The molecule has 0 aromatic heterocycles. The first-order valence-corrected chi connectivity index (χ1v) is 5.97. The first kappa shape index (κ1) is 13.3. The molecule has 3 heteroatoms. The molecule has 0 saturated heterocycles. The third-order valence-corrected chi connectivity index (χ3v) is 3.06. The second kappa shape index (κ2) is 5.55. The minimum absolute atomic E-state index is 0.0407. The van der Waals surface area contributed by atoms with Gasteiger partial charge in [0.2, 0.25) is 0 Å². The molecule has 0 radical (unpaired) electrons. The van der Waals surface area contributed by atoms with Crippen molar-refractivity contribution in [3.8, 4) is 0 Å². The molecule has 0 bridgehead atoms. The highest BCUT2D eigenvalue weighted by Crippen LogP contribution is 2.28. The Bertz CT molecular complexity index is 340. The summed E-state index contributed by atoms with van der Waals surface area (Å²) in [5.41, 5.74) is 3.20. The Balaban J connectivity index is 2.96. The molecular formula is C13H20ClNO. The van der Waals surface area contributed by atoms with E-state index in [1.54, 1.807) is 0 Å². The molecule has 0 saturated carbocycles. The minimum Gasteiger partial charge on any atom is -0.394 e. The van der Waals surface area contributed by atoms with Crippen molar-refractivity contribution in [2.24, 2.45) is 5.92 Å². The maximum absolute atomic E-state index is 9.29. The second-order valence-corrected chi connectivity index (χ2v) is 5.02. The highest BCUT2D eigenvalue weighted by molar-refractivity contribution is 6.33. The van der Waals surface area contributed by atoms with Gasteiger partial charge in [-0.2, -0.15) is 0 Å². The normalized spacial score (nSPS) is 12.9. The van der Waals surface area contributed by atoms with Crippen molar-refractivity contribution in [3.05, 3.63) is 28.3 Å². The smallest absolute Gasteiger partial charge is 0.0642 e. The number of aliphatic hydroxyl groups is 1. The summed E-state index contributed by atoms with van der Waals surface area (Å²) in [7, 11) is 0. The summed E-state index contributed by atoms with van der Waals surface area (Å²) in [6.45, 7) is 8.31. The van der Waals surface area contributed by atoms with Crippen LogP contribution in [0.4, 0.5) is 5.69 Å². The largest absolute Gasteiger partial charge is 0.394 e. The van der Waals surface area contributed by atoms with Crippen LogP contribution in [0, 0.1) is 19.8 Å². The van der Waals surface area contributed by atoms with Gasteiger partial charge in [0.1, 0.15) is 0 Å². The molecule has 2 N–H and O–H groups in total. The van der Waals surface area contributed by atoms with Gasteiger partial charge in [-0.3, -0.25) is 0 Å². The number of aliphatic hydroxyl groups excluding tert-OH is 1. The van der Waals surface area contributed by atoms with Crippen molar-refractivity contribution in [1.82, 2.24) is 0 Å². The van der Waals surface area contributed by atoms with Gasteiger partial charge in [0, 0.05) is 0 Å². The summed E-state index contributed by atoms with van der Waals surface area (Å²) in [6.07, 6.45) is 0. The number of anilines is 1. The van der Waals surface area contributed by atoms with E-state index in [2.05, 4.69) is 25.2 Å². The molecule has 1 aromatic rings. The van der Waals surface area contributed by atoms with Crippen molar-refractivity contribution in [2.45, 2.75) is 33.7 Å². The number of benzene rings is 1. The molecule has 0 spiro atoms. The zero-order chi connectivity index (χ0) is 12.3. The number of nitrogens with one attached hydrogen (secondary N) is 1. The Morgan fingerprint density at radius 3 is 2.38 bits per heavy atom. The van der Waals surface area contributed by atoms with Crippen molar-refractivity contribution >= 4 is 17.3 Å². The summed E-state index contributed by atoms with van der Waals surface area (Å²) < 4.78 is 0. The van der Waals surface area contributed by atoms with Gasteiger partial charge in [0.05, 0.1) is 23.4 Å². The van der Waals surface area contributed by atoms with E-state index in [1.165, 1.54) is 0 Å². The first-order valence-electron chi connectivity index (χ1n) is 5.59. The molecule has 1 aromatic carbocycles. The van der Waals surface area contributed by atoms with Crippen LogP contribution in [-0.2, 0) is 0 Å². The van der Waals surface area contributed by atoms with Gasteiger partial charge in [-0.15, -0.1) is 0 Å². The first-order chi connectivity index (χ1) is 7.45. The number of rotatable bonds is 4. The van der Waals surface area contributed by atoms with Gasteiger partial charge in [0.15, 0.2) is 0 Å². The Morgan fingerprint density at radius 1 is 1.31 bits per heavy atom. The lowest BCUT2D eigenvalue weighted by atomic mass is 10.0. The summed E-state index contributed by atoms with van der Waals surface area (Å²) in [5, 5.41) is 13.3. The molecular weight excluding hydrogens is 222 g/mol. The number of halogens is 1. The number of aryl methyl sites for hydroxylation is 2. The Morgan fingerprint density at radius 2 is 1.94 bits per heavy atom. The van der Waals surface area contributed by atoms with Crippen LogP contribution in [0.25, 0.3) is 0 Å². The second-order valence-electron chi connectivity index (χ2n) is 4.62. The maximum atomic E-state index is 9.29. The topological polar surface area (TPSA) is 32.3 Å². The van der Waals surface area contributed by atoms with E-state index in [0.717, 1.165) is 21.8 Å². The lowest BCUT2D eigenvalue weighted by molar-refractivity contribution is 0.249. The highest BCUT2D eigenvalue weighted by Gasteiger charge is 2.14. The predicted octanol–water partition coefficient (Wildman–Crippen LogP) is 3.39. The molecule has 0 aliphatic heterocycles. The van der Waals surface area contributed by atoms with E-state index in [9.17, 15) is 5.11 Å². The van der Waals surface area contributed by atoms with Crippen molar-refractivity contribution < 1.29 is 5.11 Å². The fourth-order valence-corrected chi connectivity index (χ4v) is 2.08. The molecule has 16 heavy (non-hydrogen) atoms. The fraction of sp³-hybridized carbons (Fsp3) is 0.538. The zero-order valence-electron chi connectivity index (χ0n) is 10.3. The van der Waals surface area contributed by atoms with Crippen LogP contribution in [0.2, 0.25) is 5.02 Å². The van der Waals surface area contributed by atoms with E-state index in [0.29, 0.717) is 5.92 Å². The Labute approximate surface area is 103 Å². The van der Waals surface area contributed by atoms with Gasteiger partial charge in [-0.25, -0.2) is 0 Å². The van der Waals surface area contributed by atoms with E-state index >= 15 is 0 Å². The molecule has 0 aliphatic rings. The summed E-state index contributed by atoms with van der Waals surface area (Å²) in [4.78, 5) is 0. The van der Waals surface area contributed by atoms with Crippen LogP contribution >= 0.6 is 11.6 Å². The maximum Gasteiger partial charge on any atom is 0.0642 e. The van der Waals surface area contributed by atoms with Gasteiger partial charge in [-0.05, 0) is 37.0 Å². The van der Waals surface area contributed by atoms with E-state index < -0.39 is 0 Å². The van der Waals surface area contributed by atoms with Gasteiger partial charge >= 0.3 is 0 Å². The molecule has 0 aliphatic carbocycles. The average Bonchev–Trinajstić information content (AvgIpc) is 2.15. The van der Waals surface area contributed by atoms with E-state index in [1.807, 2.05) is 19.9 Å². The summed E-state index contributed by atoms with van der Waals surface area (Å²) >= 11 is 6.20. The van der Waals surface area contributed by atoms with Crippen molar-refractivity contribution in [1.29, 1.82) is 0 Å². The molecule has 90 valence electrons. The number of hydrogen-bond acceptors (Lipinski definition) is 2. The monoisotopic (exact) mass is 241 g/mol. The van der Waals surface area contributed by atoms with Crippen LogP contribution < -0.4 is 5.32 Å². The third-order valence-electron chi connectivity index (χ3n) is 2.76. The van der Waals surface area contributed by atoms with Crippen LogP contribution in [0.1, 0.15) is 25.0 Å². The minimum atomic E-state index is 0.0407. The van der Waals surface area contributed by atoms with Gasteiger partial charge < -0.3 is 10.4 Å². The lowest BCUT2D eigenvalue weighted by Gasteiger charge is -2.23. The average molecular weight is 242 g/mol. The van der Waals surface area contributed by atoms with Crippen LogP contribution in [0.3, 0.4) is 0 Å². The van der Waals surface area contributed by atoms with Gasteiger partial charge in [0.25, 0.3) is 0 Å². The van der Waals surface area contributed by atoms with E-state index in [4.69, 9.17) is 11.6 Å². The summed E-state index contributed by atoms with van der Waals surface area (Å²) in [5.74, 6) is 0.363. The molecule has 0 fully saturated rings. The molecule has 1 rings (SSSR count). The quantitative estimate of drug-likeness (QED) is 0.847. The third kappa shape index (κ3) is 3.13. The van der Waals surface area contributed by atoms with Crippen LogP contribution in [0.5, 0.6) is 0 Å². The Hall–Kier alpha value is -0.730. The Kier molecular flexibility index (Phi) is 4.63. The SMILES string of the molecule is Cc1cc(C)c(NC(CO)C(C)C)c(Cl)c1. The predicted molar refractivity (Wildman–Crippen MR) is 70.3 cm³/mol. The van der Waals surface area contributed by atoms with Crippen LogP contribution in [0.15, 0.2) is 12.1 Å². The number of hydrogen-bond donors (Lipinski definition) is 2. The highest BCUT2D eigenvalue weighted by atomic mass is 35.5. The van der Waals surface area contributed by atoms with Crippen molar-refractivity contribution in [3.63, 3.8) is 0 Å². The van der Waals surface area contributed by atoms with Gasteiger partial charge in [-0.1, -0.05) is 31.5 Å². The van der Waals surface area contributed by atoms with Crippen LogP contribution in [-0.4, -0.2) is 17.8 Å². The van der Waals surface area contributed by atoms with E-state index in [-0.39, 0.29) is 12.6 Å². The molecule has 0 heterocycles. The lowest BCUT2D eigenvalue weighted by Crippen LogP contribution is -2.29. The molecule has 2 nitrogen and oxygen atoms in total. The molecule has 0 amide bonds. The summed E-state index contributed by atoms with van der Waals surface area (Å²) in [6, 6.07) is 4.06. The zero-order valence-corrected chi connectivity index (χ0v) is 11.1. The molecule has 1 atom stereocenters. The standard InChI is InChI=1S/C13H20ClNO/c1-8(2)12(7-16)15-13-10(4)5-9(3)6-11(13)14/h5-6,8,12,15-16H,7H2,1-4H3. The van der Waals surface area contributed by atoms with Crippen molar-refractivity contribution in [2.75, 3.05) is 11.9 Å². The molecule has 1 unspecified atom stereocenters.